The Bertz CT molecular complexity index is 1100. The van der Waals surface area contributed by atoms with E-state index < -0.39 is 28.5 Å². The molecule has 1 N–H and O–H groups in total. The van der Waals surface area contributed by atoms with Crippen molar-refractivity contribution in [1.29, 1.82) is 0 Å². The third-order valence-electron chi connectivity index (χ3n) is 4.89. The molecule has 0 radical (unpaired) electrons. The summed E-state index contributed by atoms with van der Waals surface area (Å²) in [6.07, 6.45) is 1.36. The second-order valence-corrected chi connectivity index (χ2v) is 11.0. The number of nitrogens with one attached hydrogen (secondary N) is 1. The Kier molecular flexibility index (Phi) is 10.0. The molecule has 7 nitrogen and oxygen atoms in total. The molecule has 2 rings (SSSR count). The number of nitrogens with zero attached hydrogens (tertiary/aromatic N) is 2. The number of benzene rings is 2. The molecule has 0 heterocycles. The standard InChI is InChI=1S/C22H26BrCl2N3O4S/c1-4-20(22(30)26-5-2)27(13-15-6-9-17(24)12-19(15)25)21(29)14-28(33(3,31)32)18-10-7-16(23)8-11-18/h6-12,20H,4-5,13-14H2,1-3H3,(H,26,30). The van der Waals surface area contributed by atoms with E-state index in [0.717, 1.165) is 15.0 Å². The van der Waals surface area contributed by atoms with Crippen LogP contribution in [-0.2, 0) is 26.2 Å². The molecule has 0 aliphatic carbocycles. The highest BCUT2D eigenvalue weighted by Gasteiger charge is 2.31. The fourth-order valence-corrected chi connectivity index (χ4v) is 4.85. The van der Waals surface area contributed by atoms with Crippen LogP contribution in [0.15, 0.2) is 46.9 Å². The summed E-state index contributed by atoms with van der Waals surface area (Å²) in [5.74, 6) is -0.861. The lowest BCUT2D eigenvalue weighted by Crippen LogP contribution is -2.52. The van der Waals surface area contributed by atoms with Gasteiger partial charge in [-0.15, -0.1) is 0 Å². The summed E-state index contributed by atoms with van der Waals surface area (Å²) >= 11 is 15.6. The molecule has 0 saturated heterocycles. The van der Waals surface area contributed by atoms with Crippen LogP contribution in [0.3, 0.4) is 0 Å². The first-order chi connectivity index (χ1) is 15.5. The number of likely N-dealkylation sites (N-methyl/N-ethyl adjacent to an activating group) is 1. The molecule has 180 valence electrons. The topological polar surface area (TPSA) is 86.8 Å². The van der Waals surface area contributed by atoms with Crippen LogP contribution in [-0.4, -0.2) is 50.5 Å². The van der Waals surface area contributed by atoms with Gasteiger partial charge in [-0.25, -0.2) is 8.42 Å². The van der Waals surface area contributed by atoms with Crippen LogP contribution in [0.4, 0.5) is 5.69 Å². The van der Waals surface area contributed by atoms with Crippen molar-refractivity contribution in [1.82, 2.24) is 10.2 Å². The van der Waals surface area contributed by atoms with E-state index in [0.29, 0.717) is 34.3 Å². The molecule has 0 aliphatic rings. The summed E-state index contributed by atoms with van der Waals surface area (Å²) in [5, 5.41) is 3.53. The maximum Gasteiger partial charge on any atom is 0.244 e. The zero-order valence-corrected chi connectivity index (χ0v) is 22.4. The largest absolute Gasteiger partial charge is 0.355 e. The lowest BCUT2D eigenvalue weighted by Gasteiger charge is -2.33. The number of hydrogen-bond acceptors (Lipinski definition) is 4. The molecule has 0 aromatic heterocycles. The zero-order valence-electron chi connectivity index (χ0n) is 18.5. The van der Waals surface area contributed by atoms with E-state index in [2.05, 4.69) is 21.2 Å². The highest BCUT2D eigenvalue weighted by molar-refractivity contribution is 9.10. The summed E-state index contributed by atoms with van der Waals surface area (Å²) in [7, 11) is -3.78. The van der Waals surface area contributed by atoms with Crippen molar-refractivity contribution in [3.05, 3.63) is 62.5 Å². The van der Waals surface area contributed by atoms with E-state index in [4.69, 9.17) is 23.2 Å². The first-order valence-electron chi connectivity index (χ1n) is 10.2. The molecule has 0 spiro atoms. The molecule has 0 bridgehead atoms. The van der Waals surface area contributed by atoms with Gasteiger partial charge in [0.2, 0.25) is 21.8 Å². The van der Waals surface area contributed by atoms with E-state index >= 15 is 0 Å². The lowest BCUT2D eigenvalue weighted by molar-refractivity contribution is -0.140. The highest BCUT2D eigenvalue weighted by atomic mass is 79.9. The van der Waals surface area contributed by atoms with Crippen LogP contribution in [0, 0.1) is 0 Å². The van der Waals surface area contributed by atoms with Crippen LogP contribution in [0.5, 0.6) is 0 Å². The number of sulfonamides is 1. The Morgan fingerprint density at radius 1 is 1.09 bits per heavy atom. The number of rotatable bonds is 10. The van der Waals surface area contributed by atoms with Crippen LogP contribution < -0.4 is 9.62 Å². The Morgan fingerprint density at radius 2 is 1.73 bits per heavy atom. The molecular formula is C22H26BrCl2N3O4S. The number of hydrogen-bond donors (Lipinski definition) is 1. The molecule has 11 heteroatoms. The van der Waals surface area contributed by atoms with E-state index in [1.807, 2.05) is 0 Å². The van der Waals surface area contributed by atoms with Crippen molar-refractivity contribution < 1.29 is 18.0 Å². The monoisotopic (exact) mass is 577 g/mol. The van der Waals surface area contributed by atoms with Gasteiger partial charge in [-0.05, 0) is 55.3 Å². The maximum absolute atomic E-state index is 13.5. The molecule has 1 unspecified atom stereocenters. The highest BCUT2D eigenvalue weighted by Crippen LogP contribution is 2.25. The molecule has 33 heavy (non-hydrogen) atoms. The maximum atomic E-state index is 13.5. The SMILES string of the molecule is CCNC(=O)C(CC)N(Cc1ccc(Cl)cc1Cl)C(=O)CN(c1ccc(Br)cc1)S(C)(=O)=O. The molecule has 2 aromatic rings. The first-order valence-corrected chi connectivity index (χ1v) is 13.6. The van der Waals surface area contributed by atoms with E-state index in [1.165, 1.54) is 4.90 Å². The smallest absolute Gasteiger partial charge is 0.244 e. The Labute approximate surface area is 213 Å². The quantitative estimate of drug-likeness (QED) is 0.451. The normalized spacial score (nSPS) is 12.2. The van der Waals surface area contributed by atoms with Gasteiger partial charge in [0, 0.05) is 27.6 Å². The lowest BCUT2D eigenvalue weighted by atomic mass is 10.1. The zero-order chi connectivity index (χ0) is 24.8. The third-order valence-corrected chi connectivity index (χ3v) is 7.14. The third kappa shape index (κ3) is 7.60. The van der Waals surface area contributed by atoms with E-state index in [-0.39, 0.29) is 12.5 Å². The van der Waals surface area contributed by atoms with Crippen molar-refractivity contribution >= 4 is 66.7 Å². The molecule has 0 saturated carbocycles. The predicted octanol–water partition coefficient (Wildman–Crippen LogP) is 4.47. The molecule has 0 aliphatic heterocycles. The number of amides is 2. The molecule has 2 aromatic carbocycles. The van der Waals surface area contributed by atoms with Gasteiger partial charge in [0.15, 0.2) is 0 Å². The predicted molar refractivity (Wildman–Crippen MR) is 136 cm³/mol. The number of carbonyl (C=O) groups is 2. The number of anilines is 1. The van der Waals surface area contributed by atoms with Crippen molar-refractivity contribution in [2.24, 2.45) is 0 Å². The average molecular weight is 579 g/mol. The van der Waals surface area contributed by atoms with Crippen LogP contribution >= 0.6 is 39.1 Å². The van der Waals surface area contributed by atoms with Gasteiger partial charge in [0.05, 0.1) is 11.9 Å². The van der Waals surface area contributed by atoms with E-state index in [1.54, 1.807) is 56.3 Å². The Hall–Kier alpha value is -1.81. The average Bonchev–Trinajstić information content (AvgIpc) is 2.73. The Balaban J connectivity index is 2.45. The van der Waals surface area contributed by atoms with Gasteiger partial charge in [-0.3, -0.25) is 13.9 Å². The number of carbonyl (C=O) groups excluding carboxylic acids is 2. The summed E-state index contributed by atoms with van der Waals surface area (Å²) in [6, 6.07) is 10.6. The van der Waals surface area contributed by atoms with Gasteiger partial charge < -0.3 is 10.2 Å². The van der Waals surface area contributed by atoms with Crippen LogP contribution in [0.25, 0.3) is 0 Å². The minimum Gasteiger partial charge on any atom is -0.355 e. The summed E-state index contributed by atoms with van der Waals surface area (Å²) < 4.78 is 26.8. The summed E-state index contributed by atoms with van der Waals surface area (Å²) in [6.45, 7) is 3.51. The van der Waals surface area contributed by atoms with Crippen LogP contribution in [0.1, 0.15) is 25.8 Å². The van der Waals surface area contributed by atoms with Crippen LogP contribution in [0.2, 0.25) is 10.0 Å². The summed E-state index contributed by atoms with van der Waals surface area (Å²) in [4.78, 5) is 27.6. The number of halogens is 3. The molecule has 0 fully saturated rings. The molecule has 2 amide bonds. The second-order valence-electron chi connectivity index (χ2n) is 7.32. The fraction of sp³-hybridized carbons (Fsp3) is 0.364. The first kappa shape index (κ1) is 27.4. The van der Waals surface area contributed by atoms with Crippen molar-refractivity contribution in [2.45, 2.75) is 32.9 Å². The minimum absolute atomic E-state index is 0.0163. The summed E-state index contributed by atoms with van der Waals surface area (Å²) in [5.41, 5.74) is 0.927. The van der Waals surface area contributed by atoms with Gasteiger partial charge in [-0.1, -0.05) is 52.1 Å². The van der Waals surface area contributed by atoms with Crippen molar-refractivity contribution in [3.63, 3.8) is 0 Å². The molecule has 1 atom stereocenters. The van der Waals surface area contributed by atoms with Gasteiger partial charge in [0.25, 0.3) is 0 Å². The van der Waals surface area contributed by atoms with Gasteiger partial charge in [0.1, 0.15) is 12.6 Å². The van der Waals surface area contributed by atoms with E-state index in [9.17, 15) is 18.0 Å². The minimum atomic E-state index is -3.78. The fourth-order valence-electron chi connectivity index (χ4n) is 3.27. The van der Waals surface area contributed by atoms with Crippen molar-refractivity contribution in [3.8, 4) is 0 Å². The molecular weight excluding hydrogens is 553 g/mol. The van der Waals surface area contributed by atoms with Gasteiger partial charge >= 0.3 is 0 Å². The Morgan fingerprint density at radius 3 is 2.24 bits per heavy atom. The second kappa shape index (κ2) is 12.1. The van der Waals surface area contributed by atoms with Gasteiger partial charge in [-0.2, -0.15) is 0 Å². The van der Waals surface area contributed by atoms with Crippen molar-refractivity contribution in [2.75, 3.05) is 23.7 Å².